The van der Waals surface area contributed by atoms with E-state index >= 15 is 0 Å². The maximum atomic E-state index is 12.1. The number of hydrogen-bond donors (Lipinski definition) is 1. The Morgan fingerprint density at radius 1 is 1.35 bits per heavy atom. The number of amides is 1. The third kappa shape index (κ3) is 5.17. The van der Waals surface area contributed by atoms with Gasteiger partial charge in [0.25, 0.3) is 0 Å². The molecule has 1 N–H and O–H groups in total. The lowest BCUT2D eigenvalue weighted by atomic mass is 10.1. The number of hydrogen-bond acceptors (Lipinski definition) is 4. The molecule has 20 heavy (non-hydrogen) atoms. The minimum absolute atomic E-state index is 0.167. The second-order valence-electron chi connectivity index (χ2n) is 6.81. The summed E-state index contributed by atoms with van der Waals surface area (Å²) in [5.74, 6) is 1.31. The van der Waals surface area contributed by atoms with Crippen LogP contribution in [0.3, 0.4) is 0 Å². The van der Waals surface area contributed by atoms with Crippen molar-refractivity contribution < 1.29 is 9.53 Å². The van der Waals surface area contributed by atoms with Crippen LogP contribution in [0, 0.1) is 0 Å². The molecule has 2 unspecified atom stereocenters. The first-order valence-corrected chi connectivity index (χ1v) is 8.82. The number of piperidine rings is 1. The highest BCUT2D eigenvalue weighted by Gasteiger charge is 2.28. The minimum atomic E-state index is -0.405. The molecule has 0 aromatic carbocycles. The zero-order valence-electron chi connectivity index (χ0n) is 13.0. The molecule has 2 heterocycles. The zero-order chi connectivity index (χ0) is 14.6. The Morgan fingerprint density at radius 2 is 2.15 bits per heavy atom. The van der Waals surface area contributed by atoms with E-state index in [2.05, 4.69) is 17.1 Å². The molecule has 2 aliphatic heterocycles. The molecule has 5 heteroatoms. The van der Waals surface area contributed by atoms with Crippen molar-refractivity contribution in [3.8, 4) is 0 Å². The van der Waals surface area contributed by atoms with Gasteiger partial charge in [0.15, 0.2) is 0 Å². The van der Waals surface area contributed by atoms with Crippen LogP contribution in [0.1, 0.15) is 46.5 Å². The highest BCUT2D eigenvalue weighted by Crippen LogP contribution is 2.25. The van der Waals surface area contributed by atoms with Gasteiger partial charge in [-0.1, -0.05) is 0 Å². The van der Waals surface area contributed by atoms with Gasteiger partial charge in [-0.05, 0) is 52.2 Å². The summed E-state index contributed by atoms with van der Waals surface area (Å²) in [6, 6.07) is 0.428. The lowest BCUT2D eigenvalue weighted by molar-refractivity contribution is 0.0188. The van der Waals surface area contributed by atoms with Crippen LogP contribution in [0.5, 0.6) is 0 Å². The molecule has 4 nitrogen and oxygen atoms in total. The van der Waals surface area contributed by atoms with Gasteiger partial charge in [0.2, 0.25) is 0 Å². The molecule has 2 atom stereocenters. The third-order valence-corrected chi connectivity index (χ3v) is 5.13. The molecular formula is C15H28N2O2S. The second-order valence-corrected chi connectivity index (χ2v) is 8.22. The summed E-state index contributed by atoms with van der Waals surface area (Å²) in [7, 11) is 0. The van der Waals surface area contributed by atoms with Gasteiger partial charge in [0.1, 0.15) is 5.60 Å². The van der Waals surface area contributed by atoms with E-state index in [9.17, 15) is 4.79 Å². The first-order valence-electron chi connectivity index (χ1n) is 7.77. The van der Waals surface area contributed by atoms with Crippen LogP contribution in [0.25, 0.3) is 0 Å². The van der Waals surface area contributed by atoms with Gasteiger partial charge in [-0.25, -0.2) is 4.79 Å². The number of likely N-dealkylation sites (tertiary alicyclic amines) is 1. The van der Waals surface area contributed by atoms with Crippen LogP contribution in [0.2, 0.25) is 0 Å². The highest BCUT2D eigenvalue weighted by atomic mass is 32.2. The maximum Gasteiger partial charge on any atom is 0.410 e. The summed E-state index contributed by atoms with van der Waals surface area (Å²) in [5, 5.41) is 4.41. The third-order valence-electron chi connectivity index (χ3n) is 3.73. The topological polar surface area (TPSA) is 41.6 Å². The van der Waals surface area contributed by atoms with Gasteiger partial charge >= 0.3 is 6.09 Å². The van der Waals surface area contributed by atoms with Crippen LogP contribution in [0.15, 0.2) is 0 Å². The van der Waals surface area contributed by atoms with Crippen molar-refractivity contribution in [1.82, 2.24) is 10.2 Å². The molecule has 2 rings (SSSR count). The Hall–Kier alpha value is -0.420. The standard InChI is InChI=1S/C15H28N2O2S/c1-15(2,3)19-14(18)17-8-4-6-12(11-17)16-10-13-7-5-9-20-13/h12-13,16H,4-11H2,1-3H3. The number of carbonyl (C=O) groups is 1. The summed E-state index contributed by atoms with van der Waals surface area (Å²) in [5.41, 5.74) is -0.405. The van der Waals surface area contributed by atoms with E-state index in [1.807, 2.05) is 25.7 Å². The summed E-state index contributed by atoms with van der Waals surface area (Å²) in [6.07, 6.45) is 4.75. The first-order chi connectivity index (χ1) is 9.44. The van der Waals surface area contributed by atoms with Gasteiger partial charge in [-0.3, -0.25) is 0 Å². The number of thioether (sulfide) groups is 1. The average molecular weight is 300 g/mol. The molecule has 0 aliphatic carbocycles. The van der Waals surface area contributed by atoms with E-state index in [1.54, 1.807) is 0 Å². The molecule has 0 aromatic heterocycles. The SMILES string of the molecule is CC(C)(C)OC(=O)N1CCCC(NCC2CCCS2)C1. The normalized spacial score (nSPS) is 27.6. The molecule has 0 bridgehead atoms. The minimum Gasteiger partial charge on any atom is -0.444 e. The van der Waals surface area contributed by atoms with E-state index in [4.69, 9.17) is 4.74 Å². The molecule has 2 saturated heterocycles. The van der Waals surface area contributed by atoms with Gasteiger partial charge in [-0.15, -0.1) is 0 Å². The molecule has 1 amide bonds. The molecule has 0 radical (unpaired) electrons. The van der Waals surface area contributed by atoms with Crippen molar-refractivity contribution in [1.29, 1.82) is 0 Å². The Kier molecular flexibility index (Phi) is 5.61. The predicted octanol–water partition coefficient (Wildman–Crippen LogP) is 2.87. The molecule has 2 aliphatic rings. The monoisotopic (exact) mass is 300 g/mol. The van der Waals surface area contributed by atoms with E-state index in [-0.39, 0.29) is 6.09 Å². The van der Waals surface area contributed by atoms with Crippen molar-refractivity contribution >= 4 is 17.9 Å². The largest absolute Gasteiger partial charge is 0.444 e. The highest BCUT2D eigenvalue weighted by molar-refractivity contribution is 8.00. The van der Waals surface area contributed by atoms with Crippen LogP contribution < -0.4 is 5.32 Å². The molecule has 0 saturated carbocycles. The van der Waals surface area contributed by atoms with Gasteiger partial charge < -0.3 is 15.0 Å². The number of ether oxygens (including phenoxy) is 1. The number of nitrogens with zero attached hydrogens (tertiary/aromatic N) is 1. The van der Waals surface area contributed by atoms with Gasteiger partial charge in [0, 0.05) is 30.9 Å². The van der Waals surface area contributed by atoms with Crippen LogP contribution in [0.4, 0.5) is 4.79 Å². The fourth-order valence-corrected chi connectivity index (χ4v) is 3.95. The van der Waals surface area contributed by atoms with E-state index in [1.165, 1.54) is 18.6 Å². The Bertz CT molecular complexity index is 324. The fraction of sp³-hybridized carbons (Fsp3) is 0.933. The summed E-state index contributed by atoms with van der Waals surface area (Å²) in [4.78, 5) is 13.9. The molecule has 2 fully saturated rings. The van der Waals surface area contributed by atoms with Crippen LogP contribution in [-0.2, 0) is 4.74 Å². The van der Waals surface area contributed by atoms with E-state index in [0.717, 1.165) is 37.7 Å². The smallest absolute Gasteiger partial charge is 0.410 e. The lowest BCUT2D eigenvalue weighted by Gasteiger charge is -2.34. The Labute approximate surface area is 127 Å². The van der Waals surface area contributed by atoms with Crippen molar-refractivity contribution in [2.24, 2.45) is 0 Å². The molecule has 116 valence electrons. The van der Waals surface area contributed by atoms with Crippen molar-refractivity contribution in [2.45, 2.75) is 63.3 Å². The zero-order valence-corrected chi connectivity index (χ0v) is 13.8. The predicted molar refractivity (Wildman–Crippen MR) is 84.3 cm³/mol. The summed E-state index contributed by atoms with van der Waals surface area (Å²) < 4.78 is 5.46. The molecule has 0 spiro atoms. The summed E-state index contributed by atoms with van der Waals surface area (Å²) >= 11 is 2.08. The Balaban J connectivity index is 1.74. The maximum absolute atomic E-state index is 12.1. The van der Waals surface area contributed by atoms with Crippen molar-refractivity contribution in [3.05, 3.63) is 0 Å². The summed E-state index contributed by atoms with van der Waals surface area (Å²) in [6.45, 7) is 8.45. The first kappa shape index (κ1) is 16.0. The number of carbonyl (C=O) groups excluding carboxylic acids is 1. The van der Waals surface area contributed by atoms with Crippen LogP contribution in [-0.4, -0.2) is 53.3 Å². The van der Waals surface area contributed by atoms with E-state index in [0.29, 0.717) is 6.04 Å². The fourth-order valence-electron chi connectivity index (χ4n) is 2.74. The van der Waals surface area contributed by atoms with Crippen molar-refractivity contribution in [3.63, 3.8) is 0 Å². The second kappa shape index (κ2) is 7.03. The Morgan fingerprint density at radius 3 is 2.80 bits per heavy atom. The molecular weight excluding hydrogens is 272 g/mol. The van der Waals surface area contributed by atoms with Gasteiger partial charge in [-0.2, -0.15) is 11.8 Å². The van der Waals surface area contributed by atoms with Gasteiger partial charge in [0.05, 0.1) is 0 Å². The average Bonchev–Trinajstić information content (AvgIpc) is 2.88. The van der Waals surface area contributed by atoms with Crippen LogP contribution >= 0.6 is 11.8 Å². The molecule has 0 aromatic rings. The number of nitrogens with one attached hydrogen (secondary N) is 1. The van der Waals surface area contributed by atoms with E-state index < -0.39 is 5.60 Å². The number of rotatable bonds is 3. The lowest BCUT2D eigenvalue weighted by Crippen LogP contribution is -2.50. The van der Waals surface area contributed by atoms with Crippen molar-refractivity contribution in [2.75, 3.05) is 25.4 Å². The quantitative estimate of drug-likeness (QED) is 0.870.